The molecule has 0 atom stereocenters. The van der Waals surface area contributed by atoms with Crippen LogP contribution in [0, 0.1) is 5.82 Å². The van der Waals surface area contributed by atoms with Gasteiger partial charge in [-0.1, -0.05) is 12.1 Å². The number of hydrogen-bond donors (Lipinski definition) is 5. The van der Waals surface area contributed by atoms with E-state index in [1.54, 1.807) is 54.6 Å². The molecule has 0 spiro atoms. The molecule has 0 aliphatic carbocycles. The minimum Gasteiger partial charge on any atom is -0.497 e. The molecule has 5 aromatic rings. The number of benzene rings is 4. The molecule has 12 nitrogen and oxygen atoms in total. The predicted octanol–water partition coefficient (Wildman–Crippen LogP) is 4.61. The molecule has 0 unspecified atom stereocenters. The van der Waals surface area contributed by atoms with Crippen molar-refractivity contribution in [3.63, 3.8) is 0 Å². The van der Waals surface area contributed by atoms with Gasteiger partial charge in [0.15, 0.2) is 0 Å². The molecule has 13 heteroatoms. The standard InChI is InChI=1S/C37H38FN3O9/c1-39-35(45)33-29-16-28(30(40-49-4)17-32(29)50-34(33)22-8-11-26(38)12-9-22)23-6-5-7-24(14-23)36(46)41(37(19-42,20-43)21-44)18-25-10-13-27(47-2)15-31(25)48-3/h5-17,40,42-44H,18-21H2,1-4H3,(H,39,45). The van der Waals surface area contributed by atoms with E-state index >= 15 is 0 Å². The molecule has 0 saturated carbocycles. The third-order valence-corrected chi connectivity index (χ3v) is 8.54. The lowest BCUT2D eigenvalue weighted by atomic mass is 9.95. The monoisotopic (exact) mass is 687 g/mol. The fourth-order valence-electron chi connectivity index (χ4n) is 5.72. The minimum atomic E-state index is -1.74. The van der Waals surface area contributed by atoms with Crippen LogP contribution in [-0.4, -0.2) is 85.8 Å². The summed E-state index contributed by atoms with van der Waals surface area (Å²) in [6.45, 7) is -2.35. The zero-order valence-electron chi connectivity index (χ0n) is 28.0. The molecule has 0 aliphatic rings. The van der Waals surface area contributed by atoms with Crippen molar-refractivity contribution in [2.75, 3.05) is 53.7 Å². The van der Waals surface area contributed by atoms with E-state index in [1.165, 1.54) is 57.5 Å². The number of aliphatic hydroxyl groups is 3. The Kier molecular flexibility index (Phi) is 11.0. The number of hydrogen-bond acceptors (Lipinski definition) is 10. The normalized spacial score (nSPS) is 11.4. The zero-order chi connectivity index (χ0) is 36.0. The first-order valence-corrected chi connectivity index (χ1v) is 15.5. The highest BCUT2D eigenvalue weighted by molar-refractivity contribution is 6.13. The summed E-state index contributed by atoms with van der Waals surface area (Å²) in [5.74, 6) is -0.310. The van der Waals surface area contributed by atoms with Crippen LogP contribution in [0.5, 0.6) is 11.5 Å². The summed E-state index contributed by atoms with van der Waals surface area (Å²) in [5.41, 5.74) is 4.38. The summed E-state index contributed by atoms with van der Waals surface area (Å²) in [6, 6.07) is 20.6. The second kappa shape index (κ2) is 15.4. The van der Waals surface area contributed by atoms with Crippen molar-refractivity contribution in [3.05, 3.63) is 101 Å². The van der Waals surface area contributed by atoms with E-state index in [-0.39, 0.29) is 23.4 Å². The molecule has 0 bridgehead atoms. The quantitative estimate of drug-likeness (QED) is 0.104. The van der Waals surface area contributed by atoms with E-state index < -0.39 is 43.0 Å². The number of nitrogens with one attached hydrogen (secondary N) is 2. The van der Waals surface area contributed by atoms with Gasteiger partial charge < -0.3 is 39.4 Å². The number of fused-ring (bicyclic) bond motifs is 1. The number of furan rings is 1. The first-order chi connectivity index (χ1) is 24.2. The summed E-state index contributed by atoms with van der Waals surface area (Å²) >= 11 is 0. The molecule has 2 amide bonds. The highest BCUT2D eigenvalue weighted by Gasteiger charge is 2.39. The van der Waals surface area contributed by atoms with E-state index in [4.69, 9.17) is 18.7 Å². The van der Waals surface area contributed by atoms with Crippen LogP contribution < -0.4 is 20.3 Å². The van der Waals surface area contributed by atoms with Crippen molar-refractivity contribution in [1.82, 2.24) is 10.2 Å². The molecule has 262 valence electrons. The first kappa shape index (κ1) is 35.8. The van der Waals surface area contributed by atoms with E-state index in [0.717, 1.165) is 0 Å². The topological polar surface area (TPSA) is 163 Å². The number of anilines is 1. The van der Waals surface area contributed by atoms with E-state index in [2.05, 4.69) is 10.8 Å². The molecule has 0 aliphatic heterocycles. The lowest BCUT2D eigenvalue weighted by molar-refractivity contribution is -0.0389. The van der Waals surface area contributed by atoms with Crippen LogP contribution in [0.25, 0.3) is 33.4 Å². The molecule has 50 heavy (non-hydrogen) atoms. The van der Waals surface area contributed by atoms with Crippen LogP contribution in [0.3, 0.4) is 0 Å². The minimum absolute atomic E-state index is 0.142. The van der Waals surface area contributed by atoms with Crippen LogP contribution in [0.2, 0.25) is 0 Å². The number of rotatable bonds is 14. The summed E-state index contributed by atoms with van der Waals surface area (Å²) in [7, 11) is 5.89. The maximum Gasteiger partial charge on any atom is 0.255 e. The zero-order valence-corrected chi connectivity index (χ0v) is 28.0. The smallest absolute Gasteiger partial charge is 0.255 e. The van der Waals surface area contributed by atoms with Crippen LogP contribution in [0.1, 0.15) is 26.3 Å². The number of methoxy groups -OCH3 is 2. The number of nitrogens with zero attached hydrogens (tertiary/aromatic N) is 1. The van der Waals surface area contributed by atoms with Crippen molar-refractivity contribution in [3.8, 4) is 33.9 Å². The predicted molar refractivity (Wildman–Crippen MR) is 184 cm³/mol. The second-order valence-electron chi connectivity index (χ2n) is 11.4. The van der Waals surface area contributed by atoms with Crippen molar-refractivity contribution in [1.29, 1.82) is 0 Å². The number of aliphatic hydroxyl groups excluding tert-OH is 3. The Balaban J connectivity index is 1.65. The maximum atomic E-state index is 14.4. The third kappa shape index (κ3) is 6.84. The number of carbonyl (C=O) groups is 2. The summed E-state index contributed by atoms with van der Waals surface area (Å²) in [4.78, 5) is 34.1. The average molecular weight is 688 g/mol. The van der Waals surface area contributed by atoms with Gasteiger partial charge in [-0.25, -0.2) is 4.39 Å². The van der Waals surface area contributed by atoms with Crippen molar-refractivity contribution in [2.45, 2.75) is 12.1 Å². The summed E-state index contributed by atoms with van der Waals surface area (Å²) in [6.07, 6.45) is 0. The van der Waals surface area contributed by atoms with Gasteiger partial charge in [-0.15, -0.1) is 0 Å². The number of carbonyl (C=O) groups excluding carboxylic acids is 2. The SMILES string of the molecule is CNC(=O)c1c(-c2ccc(F)cc2)oc2cc(NOC)c(-c3cccc(C(=O)N(Cc4ccc(OC)cc4OC)C(CO)(CO)CO)c3)cc12. The van der Waals surface area contributed by atoms with E-state index in [1.807, 2.05) is 0 Å². The Morgan fingerprint density at radius 3 is 2.22 bits per heavy atom. The fraction of sp³-hybridized carbons (Fsp3) is 0.243. The molecule has 0 saturated heterocycles. The third-order valence-electron chi connectivity index (χ3n) is 8.54. The Morgan fingerprint density at radius 2 is 1.60 bits per heavy atom. The van der Waals surface area contributed by atoms with Crippen LogP contribution in [-0.2, 0) is 11.4 Å². The lowest BCUT2D eigenvalue weighted by Crippen LogP contribution is -2.59. The Labute approximate surface area is 287 Å². The molecule has 4 aromatic carbocycles. The molecule has 1 aromatic heterocycles. The lowest BCUT2D eigenvalue weighted by Gasteiger charge is -2.40. The Bertz CT molecular complexity index is 1980. The van der Waals surface area contributed by atoms with E-state index in [9.17, 15) is 29.3 Å². The van der Waals surface area contributed by atoms with Crippen LogP contribution >= 0.6 is 0 Å². The highest BCUT2D eigenvalue weighted by Crippen LogP contribution is 2.40. The highest BCUT2D eigenvalue weighted by atomic mass is 19.1. The molecule has 5 N–H and O–H groups in total. The number of halogens is 1. The van der Waals surface area contributed by atoms with Crippen molar-refractivity contribution >= 4 is 28.5 Å². The van der Waals surface area contributed by atoms with Gasteiger partial charge in [0.1, 0.15) is 34.2 Å². The average Bonchev–Trinajstić information content (AvgIpc) is 3.53. The van der Waals surface area contributed by atoms with Crippen LogP contribution in [0.4, 0.5) is 10.1 Å². The van der Waals surface area contributed by atoms with Gasteiger partial charge in [0.05, 0.1) is 58.9 Å². The first-order valence-electron chi connectivity index (χ1n) is 15.5. The largest absolute Gasteiger partial charge is 0.497 e. The Morgan fingerprint density at radius 1 is 0.880 bits per heavy atom. The summed E-state index contributed by atoms with van der Waals surface area (Å²) < 4.78 is 30.7. The van der Waals surface area contributed by atoms with Gasteiger partial charge in [-0.2, -0.15) is 0 Å². The van der Waals surface area contributed by atoms with Crippen molar-refractivity contribution < 1.29 is 48.0 Å². The summed E-state index contributed by atoms with van der Waals surface area (Å²) in [5, 5.41) is 34.3. The molecule has 0 fully saturated rings. The maximum absolute atomic E-state index is 14.4. The van der Waals surface area contributed by atoms with Crippen LogP contribution in [0.15, 0.2) is 83.3 Å². The van der Waals surface area contributed by atoms with Gasteiger partial charge in [-0.3, -0.25) is 19.9 Å². The Hall–Kier alpha value is -5.47. The molecular formula is C37H38FN3O9. The van der Waals surface area contributed by atoms with Gasteiger partial charge in [0.25, 0.3) is 11.8 Å². The number of amides is 2. The van der Waals surface area contributed by atoms with E-state index in [0.29, 0.717) is 50.4 Å². The van der Waals surface area contributed by atoms with Gasteiger partial charge in [-0.05, 0) is 60.2 Å². The van der Waals surface area contributed by atoms with Gasteiger partial charge >= 0.3 is 0 Å². The molecular weight excluding hydrogens is 649 g/mol. The van der Waals surface area contributed by atoms with Gasteiger partial charge in [0, 0.05) is 46.8 Å². The second-order valence-corrected chi connectivity index (χ2v) is 11.4. The van der Waals surface area contributed by atoms with Crippen molar-refractivity contribution in [2.24, 2.45) is 0 Å². The van der Waals surface area contributed by atoms with Gasteiger partial charge in [0.2, 0.25) is 0 Å². The molecule has 5 rings (SSSR count). The number of ether oxygens (including phenoxy) is 2. The molecule has 1 heterocycles. The molecule has 0 radical (unpaired) electrons. The fourth-order valence-corrected chi connectivity index (χ4v) is 5.72.